The molecule has 0 saturated carbocycles. The number of thiocarbonyl (C=S) groups is 1. The highest BCUT2D eigenvalue weighted by atomic mass is 32.1. The lowest BCUT2D eigenvalue weighted by Gasteiger charge is -2.35. The Balaban J connectivity index is 2.56. The summed E-state index contributed by atoms with van der Waals surface area (Å²) in [7, 11) is 0. The normalized spacial score (nSPS) is 18.8. The molecule has 1 atom stereocenters. The van der Waals surface area contributed by atoms with Crippen molar-refractivity contribution in [2.45, 2.75) is 26.7 Å². The van der Waals surface area contributed by atoms with Gasteiger partial charge < -0.3 is 15.1 Å². The fraction of sp³-hybridized carbons (Fsp3) is 0.714. The van der Waals surface area contributed by atoms with Gasteiger partial charge >= 0.3 is 0 Å². The predicted octanol–water partition coefficient (Wildman–Crippen LogP) is 1.63. The molecule has 5 heteroatoms. The van der Waals surface area contributed by atoms with Gasteiger partial charge in [-0.2, -0.15) is 0 Å². The van der Waals surface area contributed by atoms with E-state index in [1.165, 1.54) is 0 Å². The van der Waals surface area contributed by atoms with Crippen LogP contribution in [0.1, 0.15) is 26.7 Å². The van der Waals surface area contributed by atoms with Crippen LogP contribution < -0.4 is 5.32 Å². The van der Waals surface area contributed by atoms with E-state index in [1.807, 2.05) is 18.7 Å². The number of nitrogens with zero attached hydrogens (tertiary/aromatic N) is 2. The van der Waals surface area contributed by atoms with E-state index in [0.29, 0.717) is 6.54 Å². The lowest BCUT2D eigenvalue weighted by Crippen LogP contribution is -2.49. The number of carbonyl (C=O) groups is 1. The molecular formula is C14H25N3OS. The van der Waals surface area contributed by atoms with E-state index < -0.39 is 0 Å². The molecule has 4 nitrogen and oxygen atoms in total. The fourth-order valence-electron chi connectivity index (χ4n) is 2.43. The van der Waals surface area contributed by atoms with Crippen LogP contribution in [0.2, 0.25) is 0 Å². The number of nitrogens with one attached hydrogen (secondary N) is 1. The molecule has 1 amide bonds. The van der Waals surface area contributed by atoms with E-state index in [-0.39, 0.29) is 11.8 Å². The molecule has 1 rings (SSSR count). The second kappa shape index (κ2) is 8.15. The van der Waals surface area contributed by atoms with Gasteiger partial charge in [0.1, 0.15) is 0 Å². The van der Waals surface area contributed by atoms with Crippen molar-refractivity contribution in [1.82, 2.24) is 15.1 Å². The summed E-state index contributed by atoms with van der Waals surface area (Å²) in [4.78, 5) is 16.4. The Morgan fingerprint density at radius 3 is 2.79 bits per heavy atom. The molecule has 1 aliphatic heterocycles. The van der Waals surface area contributed by atoms with Gasteiger partial charge in [0.25, 0.3) is 0 Å². The minimum Gasteiger partial charge on any atom is -0.359 e. The summed E-state index contributed by atoms with van der Waals surface area (Å²) in [5, 5.41) is 3.87. The second-order valence-corrected chi connectivity index (χ2v) is 5.16. The number of amides is 1. The molecule has 0 spiro atoms. The fourth-order valence-corrected chi connectivity index (χ4v) is 2.68. The second-order valence-electron chi connectivity index (χ2n) is 4.77. The van der Waals surface area contributed by atoms with Crippen molar-refractivity contribution in [3.63, 3.8) is 0 Å². The van der Waals surface area contributed by atoms with Gasteiger partial charge in [0.2, 0.25) is 5.91 Å². The SMILES string of the molecule is C=CCNC(=S)N1CCCC(C(=O)N(CC)CC)C1. The molecule has 1 heterocycles. The predicted molar refractivity (Wildman–Crippen MR) is 83.0 cm³/mol. The number of piperidine rings is 1. The van der Waals surface area contributed by atoms with Gasteiger partial charge in [-0.3, -0.25) is 4.79 Å². The molecule has 0 aromatic heterocycles. The van der Waals surface area contributed by atoms with Gasteiger partial charge in [0.15, 0.2) is 5.11 Å². The molecule has 1 fully saturated rings. The first-order valence-electron chi connectivity index (χ1n) is 7.06. The van der Waals surface area contributed by atoms with Gasteiger partial charge in [-0.05, 0) is 38.9 Å². The molecule has 0 radical (unpaired) electrons. The first kappa shape index (κ1) is 16.0. The molecule has 108 valence electrons. The van der Waals surface area contributed by atoms with Gasteiger partial charge in [0, 0.05) is 32.7 Å². The lowest BCUT2D eigenvalue weighted by atomic mass is 9.96. The summed E-state index contributed by atoms with van der Waals surface area (Å²) in [5.41, 5.74) is 0. The molecular weight excluding hydrogens is 258 g/mol. The Kier molecular flexibility index (Phi) is 6.84. The quantitative estimate of drug-likeness (QED) is 0.614. The maximum atomic E-state index is 12.4. The van der Waals surface area contributed by atoms with Crippen LogP contribution in [0.25, 0.3) is 0 Å². The molecule has 1 unspecified atom stereocenters. The number of hydrogen-bond acceptors (Lipinski definition) is 2. The van der Waals surface area contributed by atoms with Crippen LogP contribution in [0.15, 0.2) is 12.7 Å². The highest BCUT2D eigenvalue weighted by molar-refractivity contribution is 7.80. The summed E-state index contributed by atoms with van der Waals surface area (Å²) in [6.45, 7) is 11.6. The number of carbonyl (C=O) groups excluding carboxylic acids is 1. The number of hydrogen-bond donors (Lipinski definition) is 1. The summed E-state index contributed by atoms with van der Waals surface area (Å²) in [6, 6.07) is 0. The lowest BCUT2D eigenvalue weighted by molar-refractivity contribution is -0.136. The first-order valence-corrected chi connectivity index (χ1v) is 7.47. The monoisotopic (exact) mass is 283 g/mol. The number of likely N-dealkylation sites (tertiary alicyclic amines) is 1. The third kappa shape index (κ3) is 4.49. The van der Waals surface area contributed by atoms with Crippen molar-refractivity contribution in [3.8, 4) is 0 Å². The minimum absolute atomic E-state index is 0.0807. The molecule has 1 aliphatic rings. The summed E-state index contributed by atoms with van der Waals surface area (Å²) in [6.07, 6.45) is 3.78. The summed E-state index contributed by atoms with van der Waals surface area (Å²) >= 11 is 5.34. The van der Waals surface area contributed by atoms with Gasteiger partial charge in [-0.15, -0.1) is 6.58 Å². The Hall–Kier alpha value is -1.10. The van der Waals surface area contributed by atoms with Crippen molar-refractivity contribution < 1.29 is 4.79 Å². The van der Waals surface area contributed by atoms with Crippen LogP contribution in [0.4, 0.5) is 0 Å². The van der Waals surface area contributed by atoms with Crippen LogP contribution in [0.5, 0.6) is 0 Å². The van der Waals surface area contributed by atoms with Gasteiger partial charge in [-0.1, -0.05) is 6.08 Å². The maximum Gasteiger partial charge on any atom is 0.227 e. The zero-order valence-corrected chi connectivity index (χ0v) is 12.8. The number of rotatable bonds is 5. The average molecular weight is 283 g/mol. The van der Waals surface area contributed by atoms with E-state index >= 15 is 0 Å². The molecule has 0 aliphatic carbocycles. The standard InChI is InChI=1S/C14H25N3OS/c1-4-9-15-14(19)17-10-7-8-12(11-17)13(18)16(5-2)6-3/h4,12H,1,5-11H2,2-3H3,(H,15,19). The van der Waals surface area contributed by atoms with Crippen molar-refractivity contribution in [3.05, 3.63) is 12.7 Å². The van der Waals surface area contributed by atoms with Crippen molar-refractivity contribution in [1.29, 1.82) is 0 Å². The van der Waals surface area contributed by atoms with Crippen LogP contribution in [0, 0.1) is 5.92 Å². The molecule has 1 N–H and O–H groups in total. The molecule has 0 bridgehead atoms. The largest absolute Gasteiger partial charge is 0.359 e. The zero-order valence-electron chi connectivity index (χ0n) is 12.0. The van der Waals surface area contributed by atoms with E-state index in [9.17, 15) is 4.79 Å². The van der Waals surface area contributed by atoms with E-state index in [1.54, 1.807) is 6.08 Å². The summed E-state index contributed by atoms with van der Waals surface area (Å²) < 4.78 is 0. The zero-order chi connectivity index (χ0) is 14.3. The van der Waals surface area contributed by atoms with Crippen molar-refractivity contribution >= 4 is 23.2 Å². The Morgan fingerprint density at radius 1 is 1.53 bits per heavy atom. The van der Waals surface area contributed by atoms with Gasteiger partial charge in [0.05, 0.1) is 5.92 Å². The van der Waals surface area contributed by atoms with Crippen LogP contribution >= 0.6 is 12.2 Å². The van der Waals surface area contributed by atoms with E-state index in [4.69, 9.17) is 12.2 Å². The van der Waals surface area contributed by atoms with Crippen LogP contribution in [0.3, 0.4) is 0 Å². The third-order valence-electron chi connectivity index (χ3n) is 3.53. The summed E-state index contributed by atoms with van der Waals surface area (Å²) in [5.74, 6) is 0.346. The highest BCUT2D eigenvalue weighted by Gasteiger charge is 2.29. The molecule has 0 aromatic rings. The smallest absolute Gasteiger partial charge is 0.227 e. The van der Waals surface area contributed by atoms with Gasteiger partial charge in [-0.25, -0.2) is 0 Å². The molecule has 1 saturated heterocycles. The molecule has 0 aromatic carbocycles. The maximum absolute atomic E-state index is 12.4. The Morgan fingerprint density at radius 2 is 2.21 bits per heavy atom. The third-order valence-corrected chi connectivity index (χ3v) is 3.93. The Labute approximate surface area is 121 Å². The first-order chi connectivity index (χ1) is 9.13. The highest BCUT2D eigenvalue weighted by Crippen LogP contribution is 2.19. The van der Waals surface area contributed by atoms with Crippen LogP contribution in [-0.4, -0.2) is 53.5 Å². The van der Waals surface area contributed by atoms with E-state index in [0.717, 1.165) is 44.1 Å². The topological polar surface area (TPSA) is 35.6 Å². The molecule has 19 heavy (non-hydrogen) atoms. The van der Waals surface area contributed by atoms with Crippen LogP contribution in [-0.2, 0) is 4.79 Å². The van der Waals surface area contributed by atoms with Crippen molar-refractivity contribution in [2.24, 2.45) is 5.92 Å². The average Bonchev–Trinajstić information content (AvgIpc) is 2.46. The Bertz CT molecular complexity index is 329. The minimum atomic E-state index is 0.0807. The van der Waals surface area contributed by atoms with Crippen molar-refractivity contribution in [2.75, 3.05) is 32.7 Å². The van der Waals surface area contributed by atoms with E-state index in [2.05, 4.69) is 16.8 Å².